The number of guanidine groups is 2. The normalized spacial score (nSPS) is 10.6. The molecule has 0 unspecified atom stereocenters. The monoisotopic (exact) mass is 236 g/mol. The van der Waals surface area contributed by atoms with Gasteiger partial charge in [-0.3, -0.25) is 0 Å². The summed E-state index contributed by atoms with van der Waals surface area (Å²) in [6, 6.07) is 6.54. The van der Waals surface area contributed by atoms with Gasteiger partial charge in [0.05, 0.1) is 22.3 Å². The molecule has 0 amide bonds. The van der Waals surface area contributed by atoms with Gasteiger partial charge < -0.3 is 17.2 Å². The molecule has 0 heterocycles. The quantitative estimate of drug-likeness (QED) is 0.483. The minimum absolute atomic E-state index is 0.105. The number of benzene rings is 1. The zero-order valence-electron chi connectivity index (χ0n) is 8.18. The van der Waals surface area contributed by atoms with Gasteiger partial charge >= 0.3 is 0 Å². The van der Waals surface area contributed by atoms with Crippen LogP contribution >= 0.6 is 11.6 Å². The molecule has 6 nitrogen and oxygen atoms in total. The van der Waals surface area contributed by atoms with E-state index in [1.165, 1.54) is 6.07 Å². The Hall–Kier alpha value is -2.26. The highest BCUT2D eigenvalue weighted by molar-refractivity contribution is 6.33. The fourth-order valence-electron chi connectivity index (χ4n) is 0.948. The van der Waals surface area contributed by atoms with Crippen LogP contribution in [0.25, 0.3) is 0 Å². The second-order valence-electron chi connectivity index (χ2n) is 2.78. The number of aliphatic imine (C=N–C) groups is 2. The molecule has 6 N–H and O–H groups in total. The van der Waals surface area contributed by atoms with E-state index < -0.39 is 0 Å². The summed E-state index contributed by atoms with van der Waals surface area (Å²) < 4.78 is 0. The summed E-state index contributed by atoms with van der Waals surface area (Å²) >= 11 is 5.86. The Bertz CT molecular complexity index is 495. The van der Waals surface area contributed by atoms with Crippen LogP contribution < -0.4 is 17.2 Å². The van der Waals surface area contributed by atoms with Gasteiger partial charge in [-0.1, -0.05) is 11.6 Å². The lowest BCUT2D eigenvalue weighted by Crippen LogP contribution is -2.26. The van der Waals surface area contributed by atoms with E-state index >= 15 is 0 Å². The zero-order chi connectivity index (χ0) is 12.1. The average molecular weight is 237 g/mol. The van der Waals surface area contributed by atoms with Gasteiger partial charge in [0, 0.05) is 0 Å². The van der Waals surface area contributed by atoms with E-state index in [1.54, 1.807) is 12.1 Å². The van der Waals surface area contributed by atoms with Crippen molar-refractivity contribution in [1.29, 1.82) is 5.26 Å². The van der Waals surface area contributed by atoms with Crippen LogP contribution in [0.4, 0.5) is 5.69 Å². The molecule has 82 valence electrons. The van der Waals surface area contributed by atoms with Gasteiger partial charge in [0.15, 0.2) is 5.96 Å². The van der Waals surface area contributed by atoms with E-state index in [1.807, 2.05) is 6.07 Å². The van der Waals surface area contributed by atoms with Crippen molar-refractivity contribution in [1.82, 2.24) is 0 Å². The van der Waals surface area contributed by atoms with Crippen molar-refractivity contribution in [3.05, 3.63) is 28.8 Å². The highest BCUT2D eigenvalue weighted by Crippen LogP contribution is 2.25. The summed E-state index contributed by atoms with van der Waals surface area (Å²) in [5.74, 6) is -0.294. The third-order valence-electron chi connectivity index (χ3n) is 1.56. The molecule has 0 saturated heterocycles. The first-order valence-corrected chi connectivity index (χ1v) is 4.54. The molecule has 16 heavy (non-hydrogen) atoms. The van der Waals surface area contributed by atoms with Gasteiger partial charge in [-0.15, -0.1) is 0 Å². The summed E-state index contributed by atoms with van der Waals surface area (Å²) in [4.78, 5) is 7.41. The van der Waals surface area contributed by atoms with Crippen LogP contribution in [0, 0.1) is 11.3 Å². The second-order valence-corrected chi connectivity index (χ2v) is 3.19. The van der Waals surface area contributed by atoms with Crippen LogP contribution in [-0.2, 0) is 0 Å². The molecular formula is C9H9ClN6. The standard InChI is InChI=1S/C9H9ClN6/c10-6-3-5(4-11)1-2-7(6)15-9(14)16-8(12)13/h1-3H,(H6,12,13,14,15,16). The fraction of sp³-hybridized carbons (Fsp3) is 0. The van der Waals surface area contributed by atoms with Gasteiger partial charge in [-0.2, -0.15) is 10.3 Å². The Morgan fingerprint density at radius 2 is 2.00 bits per heavy atom. The number of nitrogens with zero attached hydrogens (tertiary/aromatic N) is 3. The van der Waals surface area contributed by atoms with Crippen LogP contribution in [0.15, 0.2) is 28.2 Å². The third kappa shape index (κ3) is 3.15. The summed E-state index contributed by atoms with van der Waals surface area (Å²) in [6.07, 6.45) is 0. The van der Waals surface area contributed by atoms with E-state index in [4.69, 9.17) is 34.1 Å². The highest BCUT2D eigenvalue weighted by Gasteiger charge is 2.01. The van der Waals surface area contributed by atoms with Gasteiger partial charge in [-0.05, 0) is 18.2 Å². The molecule has 0 fully saturated rings. The Morgan fingerprint density at radius 3 is 2.50 bits per heavy atom. The lowest BCUT2D eigenvalue weighted by Gasteiger charge is -1.99. The number of rotatable bonds is 1. The predicted molar refractivity (Wildman–Crippen MR) is 63.3 cm³/mol. The van der Waals surface area contributed by atoms with Crippen LogP contribution in [0.3, 0.4) is 0 Å². The maximum atomic E-state index is 8.63. The first kappa shape index (κ1) is 11.8. The molecule has 0 atom stereocenters. The fourth-order valence-corrected chi connectivity index (χ4v) is 1.17. The number of hydrogen-bond donors (Lipinski definition) is 3. The lowest BCUT2D eigenvalue weighted by molar-refractivity contribution is 1.38. The Balaban J connectivity index is 3.08. The minimum atomic E-state index is -0.189. The third-order valence-corrected chi connectivity index (χ3v) is 1.86. The number of hydrogen-bond acceptors (Lipinski definition) is 2. The topological polar surface area (TPSA) is 127 Å². The number of nitriles is 1. The highest BCUT2D eigenvalue weighted by atomic mass is 35.5. The van der Waals surface area contributed by atoms with Crippen molar-refractivity contribution in [3.8, 4) is 6.07 Å². The van der Waals surface area contributed by atoms with Crippen molar-refractivity contribution >= 4 is 29.2 Å². The predicted octanol–water partition coefficient (Wildman–Crippen LogP) is 0.431. The molecule has 7 heteroatoms. The van der Waals surface area contributed by atoms with E-state index in [0.717, 1.165) is 0 Å². The summed E-state index contributed by atoms with van der Waals surface area (Å²) in [5.41, 5.74) is 16.5. The van der Waals surface area contributed by atoms with Crippen molar-refractivity contribution in [2.24, 2.45) is 27.2 Å². The minimum Gasteiger partial charge on any atom is -0.370 e. The largest absolute Gasteiger partial charge is 0.370 e. The van der Waals surface area contributed by atoms with E-state index in [0.29, 0.717) is 16.3 Å². The van der Waals surface area contributed by atoms with Crippen LogP contribution in [0.1, 0.15) is 5.56 Å². The molecule has 0 aliphatic carbocycles. The SMILES string of the molecule is N#Cc1ccc(N=C(N)N=C(N)N)c(Cl)c1. The Kier molecular flexibility index (Phi) is 3.69. The lowest BCUT2D eigenvalue weighted by atomic mass is 10.2. The zero-order valence-corrected chi connectivity index (χ0v) is 8.94. The summed E-state index contributed by atoms with van der Waals surface area (Å²) in [6.45, 7) is 0. The molecule has 1 aromatic carbocycles. The average Bonchev–Trinajstić information content (AvgIpc) is 2.19. The molecule has 0 spiro atoms. The maximum Gasteiger partial charge on any atom is 0.223 e. The van der Waals surface area contributed by atoms with E-state index in [9.17, 15) is 0 Å². The Morgan fingerprint density at radius 1 is 1.31 bits per heavy atom. The smallest absolute Gasteiger partial charge is 0.223 e. The molecular weight excluding hydrogens is 228 g/mol. The van der Waals surface area contributed by atoms with Gasteiger partial charge in [0.2, 0.25) is 5.96 Å². The molecule has 0 bridgehead atoms. The first-order valence-electron chi connectivity index (χ1n) is 4.16. The molecule has 0 radical (unpaired) electrons. The number of nitrogens with two attached hydrogens (primary N) is 3. The molecule has 0 saturated carbocycles. The van der Waals surface area contributed by atoms with Crippen molar-refractivity contribution in [2.75, 3.05) is 0 Å². The number of halogens is 1. The van der Waals surface area contributed by atoms with Crippen LogP contribution in [0.2, 0.25) is 5.02 Å². The molecule has 0 aromatic heterocycles. The summed E-state index contributed by atoms with van der Waals surface area (Å²) in [5, 5.41) is 8.93. The molecule has 1 rings (SSSR count). The summed E-state index contributed by atoms with van der Waals surface area (Å²) in [7, 11) is 0. The van der Waals surface area contributed by atoms with Crippen molar-refractivity contribution < 1.29 is 0 Å². The second kappa shape index (κ2) is 5.00. The van der Waals surface area contributed by atoms with Crippen LogP contribution in [-0.4, -0.2) is 11.9 Å². The van der Waals surface area contributed by atoms with Gasteiger partial charge in [0.1, 0.15) is 0 Å². The molecule has 0 aliphatic rings. The first-order chi connectivity index (χ1) is 7.52. The van der Waals surface area contributed by atoms with Gasteiger partial charge in [0.25, 0.3) is 0 Å². The van der Waals surface area contributed by atoms with E-state index in [-0.39, 0.29) is 11.9 Å². The van der Waals surface area contributed by atoms with Crippen LogP contribution in [0.5, 0.6) is 0 Å². The maximum absolute atomic E-state index is 8.63. The van der Waals surface area contributed by atoms with Crippen molar-refractivity contribution in [2.45, 2.75) is 0 Å². The van der Waals surface area contributed by atoms with Crippen molar-refractivity contribution in [3.63, 3.8) is 0 Å². The molecule has 1 aromatic rings. The van der Waals surface area contributed by atoms with Gasteiger partial charge in [-0.25, -0.2) is 4.99 Å². The Labute approximate surface area is 97.0 Å². The van der Waals surface area contributed by atoms with E-state index in [2.05, 4.69) is 9.98 Å². The molecule has 0 aliphatic heterocycles.